The Labute approximate surface area is 243 Å². The number of unbranched alkanes of at least 4 members (excludes halogenated alkanes) is 1. The van der Waals surface area contributed by atoms with Gasteiger partial charge < -0.3 is 19.3 Å². The molecule has 2 aromatic rings. The summed E-state index contributed by atoms with van der Waals surface area (Å²) in [5, 5.41) is 0. The van der Waals surface area contributed by atoms with Crippen LogP contribution in [-0.2, 0) is 0 Å². The molecular weight excluding hydrogens is 500 g/mol. The van der Waals surface area contributed by atoms with E-state index in [0.29, 0.717) is 13.2 Å². The van der Waals surface area contributed by atoms with Crippen LogP contribution in [0.3, 0.4) is 0 Å². The summed E-state index contributed by atoms with van der Waals surface area (Å²) in [5.41, 5.74) is 1.48. The molecule has 2 aromatic carbocycles. The number of hydrogen-bond acceptors (Lipinski definition) is 6. The molecule has 40 heavy (non-hydrogen) atoms. The summed E-state index contributed by atoms with van der Waals surface area (Å²) in [6.45, 7) is 18.9. The molecule has 0 aliphatic carbocycles. The molecule has 6 heteroatoms. The van der Waals surface area contributed by atoms with E-state index in [2.05, 4.69) is 37.5 Å². The van der Waals surface area contributed by atoms with Gasteiger partial charge in [0.1, 0.15) is 11.5 Å². The van der Waals surface area contributed by atoms with E-state index in [4.69, 9.17) is 9.47 Å². The first kappa shape index (κ1) is 33.5. The Morgan fingerprint density at radius 1 is 0.575 bits per heavy atom. The van der Waals surface area contributed by atoms with Crippen LogP contribution in [0.1, 0.15) is 87.9 Å². The van der Waals surface area contributed by atoms with Gasteiger partial charge in [-0.15, -0.1) is 0 Å². The van der Waals surface area contributed by atoms with Crippen molar-refractivity contribution >= 4 is 11.6 Å². The standard InChI is InChI=1S/C34H52N2O4/c1-7-35(8-2)25-29(33(37)27-17-21-31(22-18-27)39-11-5)15-13-14-16-30(26-36(9-3)10-4)34(38)28-19-23-32(24-20-28)40-12-6/h17-24,29-30H,7-16,25-26H2,1-6H3/t29-,30+. The summed E-state index contributed by atoms with van der Waals surface area (Å²) < 4.78 is 11.1. The van der Waals surface area contributed by atoms with E-state index < -0.39 is 0 Å². The lowest BCUT2D eigenvalue weighted by atomic mass is 9.88. The van der Waals surface area contributed by atoms with E-state index in [1.165, 1.54) is 0 Å². The van der Waals surface area contributed by atoms with Gasteiger partial charge in [-0.3, -0.25) is 9.59 Å². The van der Waals surface area contributed by atoms with Crippen molar-refractivity contribution in [2.24, 2.45) is 11.8 Å². The quantitative estimate of drug-likeness (QED) is 0.122. The van der Waals surface area contributed by atoms with Crippen LogP contribution in [0.15, 0.2) is 48.5 Å². The molecule has 2 rings (SSSR count). The number of carbonyl (C=O) groups is 2. The van der Waals surface area contributed by atoms with E-state index in [1.54, 1.807) is 0 Å². The molecule has 0 saturated carbocycles. The zero-order valence-electron chi connectivity index (χ0n) is 25.8. The van der Waals surface area contributed by atoms with Crippen LogP contribution in [0.25, 0.3) is 0 Å². The second-order valence-electron chi connectivity index (χ2n) is 10.3. The number of rotatable bonds is 21. The second-order valence-corrected chi connectivity index (χ2v) is 10.3. The summed E-state index contributed by atoms with van der Waals surface area (Å²) in [6.07, 6.45) is 3.47. The number of carbonyl (C=O) groups excluding carboxylic acids is 2. The van der Waals surface area contributed by atoms with Gasteiger partial charge in [0.15, 0.2) is 11.6 Å². The SMILES string of the molecule is CCOc1ccc(C(=O)[C@H](CCCC[C@@H](CN(CC)CC)C(=O)c2ccc(OCC)cc2)CN(CC)CC)cc1. The highest BCUT2D eigenvalue weighted by Crippen LogP contribution is 2.24. The van der Waals surface area contributed by atoms with Crippen molar-refractivity contribution in [1.82, 2.24) is 9.80 Å². The molecule has 0 fully saturated rings. The summed E-state index contributed by atoms with van der Waals surface area (Å²) in [5.74, 6) is 1.83. The lowest BCUT2D eigenvalue weighted by Gasteiger charge is -2.26. The molecule has 0 bridgehead atoms. The summed E-state index contributed by atoms with van der Waals surface area (Å²) in [6, 6.07) is 15.1. The number of ketones is 2. The molecule has 0 aliphatic rings. The van der Waals surface area contributed by atoms with Gasteiger partial charge in [-0.1, -0.05) is 40.5 Å². The van der Waals surface area contributed by atoms with Gasteiger partial charge in [-0.2, -0.15) is 0 Å². The Morgan fingerprint density at radius 2 is 0.900 bits per heavy atom. The maximum Gasteiger partial charge on any atom is 0.167 e. The topological polar surface area (TPSA) is 59.1 Å². The van der Waals surface area contributed by atoms with Crippen LogP contribution in [0, 0.1) is 11.8 Å². The number of nitrogens with zero attached hydrogens (tertiary/aromatic N) is 2. The van der Waals surface area contributed by atoms with Crippen molar-refractivity contribution in [2.75, 3.05) is 52.5 Å². The van der Waals surface area contributed by atoms with Gasteiger partial charge >= 0.3 is 0 Å². The Kier molecular flexibility index (Phi) is 15.6. The molecule has 0 saturated heterocycles. The molecule has 0 unspecified atom stereocenters. The smallest absolute Gasteiger partial charge is 0.167 e. The average molecular weight is 553 g/mol. The Hall–Kier alpha value is -2.70. The van der Waals surface area contributed by atoms with Crippen LogP contribution >= 0.6 is 0 Å². The van der Waals surface area contributed by atoms with Crippen molar-refractivity contribution in [3.05, 3.63) is 59.7 Å². The van der Waals surface area contributed by atoms with E-state index in [9.17, 15) is 9.59 Å². The number of Topliss-reactive ketones (excluding diaryl/α,β-unsaturated/α-hetero) is 2. The maximum atomic E-state index is 13.6. The fourth-order valence-corrected chi connectivity index (χ4v) is 5.21. The van der Waals surface area contributed by atoms with Crippen LogP contribution in [0.2, 0.25) is 0 Å². The third kappa shape index (κ3) is 10.7. The number of benzene rings is 2. The fourth-order valence-electron chi connectivity index (χ4n) is 5.21. The normalized spacial score (nSPS) is 12.9. The molecule has 0 radical (unpaired) electrons. The second kappa shape index (κ2) is 18.6. The van der Waals surface area contributed by atoms with Crippen molar-refractivity contribution in [3.63, 3.8) is 0 Å². The first-order chi connectivity index (χ1) is 19.4. The zero-order valence-corrected chi connectivity index (χ0v) is 25.8. The maximum absolute atomic E-state index is 13.6. The predicted molar refractivity (Wildman–Crippen MR) is 165 cm³/mol. The molecule has 6 nitrogen and oxygen atoms in total. The van der Waals surface area contributed by atoms with E-state index in [1.807, 2.05) is 62.4 Å². The van der Waals surface area contributed by atoms with Gasteiger partial charge in [0.25, 0.3) is 0 Å². The molecular formula is C34H52N2O4. The van der Waals surface area contributed by atoms with Gasteiger partial charge in [0, 0.05) is 36.1 Å². The van der Waals surface area contributed by atoms with Crippen molar-refractivity contribution < 1.29 is 19.1 Å². The summed E-state index contributed by atoms with van der Waals surface area (Å²) >= 11 is 0. The van der Waals surface area contributed by atoms with Crippen LogP contribution in [0.5, 0.6) is 11.5 Å². The van der Waals surface area contributed by atoms with Crippen molar-refractivity contribution in [1.29, 1.82) is 0 Å². The minimum atomic E-state index is -0.0686. The molecule has 0 heterocycles. The first-order valence-electron chi connectivity index (χ1n) is 15.4. The highest BCUT2D eigenvalue weighted by molar-refractivity contribution is 5.98. The third-order valence-electron chi connectivity index (χ3n) is 7.74. The number of ether oxygens (including phenoxy) is 2. The zero-order chi connectivity index (χ0) is 29.3. The third-order valence-corrected chi connectivity index (χ3v) is 7.74. The summed E-state index contributed by atoms with van der Waals surface area (Å²) in [7, 11) is 0. The highest BCUT2D eigenvalue weighted by Gasteiger charge is 2.25. The van der Waals surface area contributed by atoms with Crippen LogP contribution in [0.4, 0.5) is 0 Å². The van der Waals surface area contributed by atoms with Gasteiger partial charge in [-0.05, 0) is 101 Å². The Morgan fingerprint density at radius 3 is 1.18 bits per heavy atom. The van der Waals surface area contributed by atoms with Gasteiger partial charge in [0.2, 0.25) is 0 Å². The van der Waals surface area contributed by atoms with Gasteiger partial charge in [-0.25, -0.2) is 0 Å². The highest BCUT2D eigenvalue weighted by atomic mass is 16.5. The lowest BCUT2D eigenvalue weighted by Crippen LogP contribution is -2.34. The van der Waals surface area contributed by atoms with E-state index in [-0.39, 0.29) is 23.4 Å². The molecule has 0 aliphatic heterocycles. The molecule has 0 spiro atoms. The molecule has 2 atom stereocenters. The van der Waals surface area contributed by atoms with E-state index >= 15 is 0 Å². The van der Waals surface area contributed by atoms with Crippen molar-refractivity contribution in [2.45, 2.75) is 67.2 Å². The lowest BCUT2D eigenvalue weighted by molar-refractivity contribution is 0.0852. The molecule has 0 N–H and O–H groups in total. The molecule has 0 aromatic heterocycles. The van der Waals surface area contributed by atoms with E-state index in [0.717, 1.165) is 87.6 Å². The van der Waals surface area contributed by atoms with Crippen LogP contribution in [-0.4, -0.2) is 73.8 Å². The largest absolute Gasteiger partial charge is 0.494 e. The van der Waals surface area contributed by atoms with Crippen molar-refractivity contribution in [3.8, 4) is 11.5 Å². The number of hydrogen-bond donors (Lipinski definition) is 0. The predicted octanol–water partition coefficient (Wildman–Crippen LogP) is 7.03. The summed E-state index contributed by atoms with van der Waals surface area (Å²) in [4.78, 5) is 31.8. The molecule has 222 valence electrons. The molecule has 0 amide bonds. The minimum Gasteiger partial charge on any atom is -0.494 e. The van der Waals surface area contributed by atoms with Gasteiger partial charge in [0.05, 0.1) is 13.2 Å². The fraction of sp³-hybridized carbons (Fsp3) is 0.588. The Bertz CT molecular complexity index is 901. The monoisotopic (exact) mass is 552 g/mol. The Balaban J connectivity index is 2.09. The average Bonchev–Trinajstić information content (AvgIpc) is 2.99. The first-order valence-corrected chi connectivity index (χ1v) is 15.4. The van der Waals surface area contributed by atoms with Crippen LogP contribution < -0.4 is 9.47 Å². The minimum absolute atomic E-state index is 0.0686.